The van der Waals surface area contributed by atoms with Gasteiger partial charge in [0.25, 0.3) is 0 Å². The Labute approximate surface area is 469 Å². The molecule has 3 rings (SSSR count). The summed E-state index contributed by atoms with van der Waals surface area (Å²) < 4.78 is 0. The van der Waals surface area contributed by atoms with Gasteiger partial charge in [-0.1, -0.05) is 68.3 Å². The van der Waals surface area contributed by atoms with Gasteiger partial charge in [0.15, 0.2) is 17.9 Å². The van der Waals surface area contributed by atoms with Crippen molar-refractivity contribution in [3.8, 4) is 0 Å². The van der Waals surface area contributed by atoms with Gasteiger partial charge in [0.2, 0.25) is 41.4 Å². The normalized spacial score (nSPS) is 14.0. The Morgan fingerprint density at radius 1 is 0.519 bits per heavy atom. The quantitative estimate of drug-likeness (QED) is 0.0125. The van der Waals surface area contributed by atoms with Gasteiger partial charge in [-0.15, -0.1) is 0 Å². The molecule has 0 unspecified atom stereocenters. The van der Waals surface area contributed by atoms with E-state index in [9.17, 15) is 43.5 Å². The minimum Gasteiger partial charge on any atom is -0.480 e. The van der Waals surface area contributed by atoms with Crippen molar-refractivity contribution in [1.29, 1.82) is 16.2 Å². The molecule has 0 aliphatic heterocycles. The Balaban J connectivity index is 1.95. The number of H-pyrrole nitrogens is 1. The van der Waals surface area contributed by atoms with Crippen LogP contribution in [0.3, 0.4) is 0 Å². The van der Waals surface area contributed by atoms with Crippen LogP contribution in [0.15, 0.2) is 60.8 Å². The van der Waals surface area contributed by atoms with Gasteiger partial charge in [-0.2, -0.15) is 25.3 Å². The van der Waals surface area contributed by atoms with Gasteiger partial charge in [0.05, 0.1) is 6.04 Å². The molecule has 29 heteroatoms. The Hall–Kier alpha value is -7.79. The molecule has 2 aromatic carbocycles. The fourth-order valence-corrected chi connectivity index (χ4v) is 8.53. The first kappa shape index (κ1) is 65.5. The second-order valence-corrected chi connectivity index (χ2v) is 19.3. The molecule has 0 aliphatic rings. The zero-order valence-corrected chi connectivity index (χ0v) is 45.9. The van der Waals surface area contributed by atoms with E-state index in [1.54, 1.807) is 42.6 Å². The number of aromatic nitrogens is 1. The lowest BCUT2D eigenvalue weighted by atomic mass is 10.0. The number of carboxylic acid groups (broad SMARTS) is 1. The molecule has 8 atom stereocenters. The highest BCUT2D eigenvalue weighted by molar-refractivity contribution is 7.80. The van der Waals surface area contributed by atoms with Gasteiger partial charge < -0.3 is 86.2 Å². The summed E-state index contributed by atoms with van der Waals surface area (Å²) in [6.45, 7) is 2.39. The number of carbonyl (C=O) groups excluding carboxylic acids is 7. The summed E-state index contributed by atoms with van der Waals surface area (Å²) in [6, 6.07) is 5.36. The number of thiol groups is 2. The molecule has 0 bridgehead atoms. The second-order valence-electron chi connectivity index (χ2n) is 18.6. The van der Waals surface area contributed by atoms with Crippen LogP contribution in [-0.4, -0.2) is 155 Å². The Morgan fingerprint density at radius 2 is 0.911 bits per heavy atom. The molecule has 23 N–H and O–H groups in total. The third-order valence-electron chi connectivity index (χ3n) is 12.3. The number of hydrogen-bond acceptors (Lipinski definition) is 14. The third kappa shape index (κ3) is 23.8. The Morgan fingerprint density at radius 3 is 1.39 bits per heavy atom. The van der Waals surface area contributed by atoms with E-state index >= 15 is 0 Å². The molecule has 79 heavy (non-hydrogen) atoms. The fourth-order valence-electron chi connectivity index (χ4n) is 8.03. The van der Waals surface area contributed by atoms with E-state index < -0.39 is 95.7 Å². The summed E-state index contributed by atoms with van der Waals surface area (Å²) in [7, 11) is 0. The summed E-state index contributed by atoms with van der Waals surface area (Å²) in [4.78, 5) is 113. The maximum atomic E-state index is 14.6. The van der Waals surface area contributed by atoms with E-state index in [1.807, 2.05) is 25.1 Å². The number of fused-ring (bicyclic) bond motifs is 1. The Kier molecular flexibility index (Phi) is 28.9. The van der Waals surface area contributed by atoms with Crippen molar-refractivity contribution in [3.05, 3.63) is 71.9 Å². The average Bonchev–Trinajstić information content (AvgIpc) is 3.83. The molecule has 1 aromatic heterocycles. The number of para-hydroxylation sites is 1. The van der Waals surface area contributed by atoms with Crippen LogP contribution in [0.25, 0.3) is 10.9 Å². The number of benzene rings is 2. The van der Waals surface area contributed by atoms with Crippen molar-refractivity contribution in [2.45, 2.75) is 126 Å². The second kappa shape index (κ2) is 34.9. The molecule has 0 aliphatic carbocycles. The van der Waals surface area contributed by atoms with Crippen molar-refractivity contribution < 1.29 is 43.5 Å². The van der Waals surface area contributed by atoms with Gasteiger partial charge >= 0.3 is 5.97 Å². The standard InChI is InChI=1S/C50H78N18O9S2/c1-2-3-16-33(62-40(69)31(51)15-9-20-58-48(52)53)43(72)67-38(26-78)46(75)64-35(19-11-22-60-50(56)57)41(70)65-36(23-28-12-5-4-6-13-28)44(73)63-34(18-10-21-59-49(54)55)42(71)66-37(45(74)68-39(27-79)47(76)77)24-29-25-61-32-17-8-7-14-30(29)32/h4-8,12-14,17,25,31,33-39,61,78-79H,2-3,9-11,15-16,18-24,26-27,51H2,1H3,(H,62,69)(H,63,73)(H,64,75)(H,65,70)(H,66,71)(H,67,72)(H,68,74)(H,76,77)(H4,52,53,58)(H4,54,55,59)(H4,56,57,60)/t31-,33-,34-,35-,36+,37+,38-,39-/m0/s1. The van der Waals surface area contributed by atoms with Crippen LogP contribution in [0.1, 0.15) is 75.8 Å². The predicted octanol–water partition coefficient (Wildman–Crippen LogP) is -2.40. The molecule has 0 saturated carbocycles. The summed E-state index contributed by atoms with van der Waals surface area (Å²) in [5.41, 5.74) is 24.4. The maximum Gasteiger partial charge on any atom is 0.327 e. The van der Waals surface area contributed by atoms with Crippen LogP contribution < -0.4 is 76.1 Å². The third-order valence-corrected chi connectivity index (χ3v) is 13.1. The summed E-state index contributed by atoms with van der Waals surface area (Å²) in [5, 5.41) is 59.4. The number of carbonyl (C=O) groups is 8. The molecule has 434 valence electrons. The molecule has 0 radical (unpaired) electrons. The average molecular weight is 1140 g/mol. The van der Waals surface area contributed by atoms with Crippen molar-refractivity contribution in [3.63, 3.8) is 0 Å². The van der Waals surface area contributed by atoms with Crippen molar-refractivity contribution >= 4 is 101 Å². The number of amides is 7. The number of guanidine groups is 3. The lowest BCUT2D eigenvalue weighted by Crippen LogP contribution is -2.61. The van der Waals surface area contributed by atoms with E-state index in [2.05, 4.69) is 83.4 Å². The van der Waals surface area contributed by atoms with E-state index in [0.717, 1.165) is 10.9 Å². The van der Waals surface area contributed by atoms with Gasteiger partial charge in [-0.3, -0.25) is 49.8 Å². The molecule has 7 amide bonds. The highest BCUT2D eigenvalue weighted by atomic mass is 32.1. The van der Waals surface area contributed by atoms with Crippen LogP contribution in [0.2, 0.25) is 0 Å². The number of aromatic amines is 1. The lowest BCUT2D eigenvalue weighted by Gasteiger charge is -2.28. The summed E-state index contributed by atoms with van der Waals surface area (Å²) in [6.07, 6.45) is 3.58. The minimum absolute atomic E-state index is 0.0796. The number of nitrogens with one attached hydrogen (secondary N) is 14. The van der Waals surface area contributed by atoms with Crippen molar-refractivity contribution in [1.82, 2.24) is 58.2 Å². The number of unbranched alkanes of at least 4 members (excludes halogenated alkanes) is 1. The van der Waals surface area contributed by atoms with Crippen molar-refractivity contribution in [2.75, 3.05) is 31.1 Å². The topological polar surface area (TPSA) is 469 Å². The van der Waals surface area contributed by atoms with Gasteiger partial charge in [0.1, 0.15) is 42.3 Å². The molecule has 27 nitrogen and oxygen atoms in total. The van der Waals surface area contributed by atoms with Crippen LogP contribution in [-0.2, 0) is 51.2 Å². The number of nitrogens with two attached hydrogens (primary N) is 4. The smallest absolute Gasteiger partial charge is 0.327 e. The number of hydrogen-bond donors (Lipinski definition) is 21. The monoisotopic (exact) mass is 1140 g/mol. The molecule has 0 saturated heterocycles. The van der Waals surface area contributed by atoms with E-state index in [4.69, 9.17) is 39.2 Å². The van der Waals surface area contributed by atoms with Crippen LogP contribution >= 0.6 is 25.3 Å². The van der Waals surface area contributed by atoms with E-state index in [0.29, 0.717) is 36.9 Å². The van der Waals surface area contributed by atoms with Gasteiger partial charge in [0, 0.05) is 61.1 Å². The SMILES string of the molecule is CCCC[C@H](NC(=O)[C@@H](N)CCCNC(=N)N)C(=O)N[C@@H](CS)C(=O)N[C@@H](CCCNC(=N)N)C(=O)N[C@H](Cc1ccccc1)C(=O)N[C@@H](CCCNC(=N)N)C(=O)N[C@H](Cc1c[nH]c2ccccc12)C(=O)N[C@@H](CS)C(=O)O. The van der Waals surface area contributed by atoms with Gasteiger partial charge in [-0.25, -0.2) is 4.79 Å². The van der Waals surface area contributed by atoms with Gasteiger partial charge in [-0.05, 0) is 62.1 Å². The maximum absolute atomic E-state index is 14.6. The molecular weight excluding hydrogens is 1060 g/mol. The largest absolute Gasteiger partial charge is 0.480 e. The molecule has 0 fully saturated rings. The molecular formula is C50H78N18O9S2. The molecule has 0 spiro atoms. The van der Waals surface area contributed by atoms with Crippen molar-refractivity contribution in [2.24, 2.45) is 22.9 Å². The first-order chi connectivity index (χ1) is 37.7. The summed E-state index contributed by atoms with van der Waals surface area (Å²) in [5.74, 6) is -8.36. The highest BCUT2D eigenvalue weighted by Crippen LogP contribution is 2.20. The highest BCUT2D eigenvalue weighted by Gasteiger charge is 2.35. The van der Waals surface area contributed by atoms with Crippen LogP contribution in [0, 0.1) is 16.2 Å². The van der Waals surface area contributed by atoms with E-state index in [-0.39, 0.29) is 93.8 Å². The minimum atomic E-state index is -1.42. The number of rotatable bonds is 36. The Bertz CT molecular complexity index is 2540. The molecule has 3 aromatic rings. The first-order valence-electron chi connectivity index (χ1n) is 25.8. The lowest BCUT2D eigenvalue weighted by molar-refractivity contribution is -0.141. The predicted molar refractivity (Wildman–Crippen MR) is 306 cm³/mol. The van der Waals surface area contributed by atoms with E-state index in [1.165, 1.54) is 0 Å². The zero-order chi connectivity index (χ0) is 58.4. The van der Waals surface area contributed by atoms with Crippen LogP contribution in [0.5, 0.6) is 0 Å². The first-order valence-corrected chi connectivity index (χ1v) is 27.1. The number of aliphatic carboxylic acids is 1. The molecule has 1 heterocycles. The summed E-state index contributed by atoms with van der Waals surface area (Å²) >= 11 is 8.39. The zero-order valence-electron chi connectivity index (χ0n) is 44.1. The number of carboxylic acids is 1. The van der Waals surface area contributed by atoms with Crippen LogP contribution in [0.4, 0.5) is 0 Å². The fraction of sp³-hybridized carbons (Fsp3) is 0.500.